The normalized spacial score (nSPS) is 14.5. The van der Waals surface area contributed by atoms with Crippen molar-refractivity contribution in [3.8, 4) is 5.75 Å². The first-order valence-electron chi connectivity index (χ1n) is 8.63. The first-order valence-corrected chi connectivity index (χ1v) is 8.63. The minimum Gasteiger partial charge on any atom is -0.494 e. The van der Waals surface area contributed by atoms with Gasteiger partial charge in [-0.25, -0.2) is 0 Å². The Bertz CT molecular complexity index is 732. The second kappa shape index (κ2) is 7.82. The number of benzene rings is 2. The Hall–Kier alpha value is -2.55. The van der Waals surface area contributed by atoms with Crippen molar-refractivity contribution in [2.45, 2.75) is 32.6 Å². The van der Waals surface area contributed by atoms with Gasteiger partial charge in [-0.2, -0.15) is 0 Å². The predicted octanol–water partition coefficient (Wildman–Crippen LogP) is 5.14. The lowest BCUT2D eigenvalue weighted by Gasteiger charge is -2.06. The number of ether oxygens (including phenoxy) is 1. The molecule has 3 heteroatoms. The molecule has 3 rings (SSSR count). The number of para-hydroxylation sites is 1. The summed E-state index contributed by atoms with van der Waals surface area (Å²) in [6.07, 6.45) is 6.73. The van der Waals surface area contributed by atoms with Crippen LogP contribution in [0, 0.1) is 0 Å². The molecule has 1 aliphatic rings. The summed E-state index contributed by atoms with van der Waals surface area (Å²) >= 11 is 0. The number of nitrogens with one attached hydrogen (secondary N) is 1. The van der Waals surface area contributed by atoms with Crippen LogP contribution in [0.5, 0.6) is 5.75 Å². The average molecular weight is 321 g/mol. The lowest BCUT2D eigenvalue weighted by molar-refractivity contribution is -0.110. The van der Waals surface area contributed by atoms with Crippen molar-refractivity contribution in [3.05, 3.63) is 59.7 Å². The van der Waals surface area contributed by atoms with Crippen molar-refractivity contribution < 1.29 is 9.53 Å². The average Bonchev–Trinajstić information content (AvgIpc) is 2.92. The van der Waals surface area contributed by atoms with Crippen molar-refractivity contribution in [1.82, 2.24) is 0 Å². The molecule has 0 fully saturated rings. The quantitative estimate of drug-likeness (QED) is 0.566. The van der Waals surface area contributed by atoms with E-state index in [1.54, 1.807) is 0 Å². The molecular formula is C21H23NO2. The molecule has 0 spiro atoms. The van der Waals surface area contributed by atoms with E-state index in [0.717, 1.165) is 35.6 Å². The molecule has 3 nitrogen and oxygen atoms in total. The Balaban J connectivity index is 1.65. The molecule has 0 aromatic heterocycles. The fourth-order valence-electron chi connectivity index (χ4n) is 2.83. The van der Waals surface area contributed by atoms with Gasteiger partial charge >= 0.3 is 0 Å². The van der Waals surface area contributed by atoms with Crippen LogP contribution in [-0.2, 0) is 4.79 Å². The van der Waals surface area contributed by atoms with Crippen LogP contribution < -0.4 is 10.1 Å². The summed E-state index contributed by atoms with van der Waals surface area (Å²) in [6.45, 7) is 2.97. The summed E-state index contributed by atoms with van der Waals surface area (Å²) in [6, 6.07) is 15.7. The zero-order chi connectivity index (χ0) is 16.8. The van der Waals surface area contributed by atoms with Gasteiger partial charge in [-0.1, -0.05) is 56.5 Å². The molecule has 24 heavy (non-hydrogen) atoms. The number of carbonyl (C=O) groups excluding carboxylic acids is 1. The van der Waals surface area contributed by atoms with E-state index in [0.29, 0.717) is 5.57 Å². The summed E-state index contributed by atoms with van der Waals surface area (Å²) in [5.41, 5.74) is 3.54. The topological polar surface area (TPSA) is 38.3 Å². The van der Waals surface area contributed by atoms with E-state index >= 15 is 0 Å². The fraction of sp³-hybridized carbons (Fsp3) is 0.286. The lowest BCUT2D eigenvalue weighted by Crippen LogP contribution is -2.03. The Morgan fingerprint density at radius 2 is 1.79 bits per heavy atom. The van der Waals surface area contributed by atoms with Gasteiger partial charge in [-0.15, -0.1) is 0 Å². The van der Waals surface area contributed by atoms with E-state index in [1.807, 2.05) is 54.6 Å². The molecule has 0 saturated heterocycles. The zero-order valence-corrected chi connectivity index (χ0v) is 14.0. The Labute approximate surface area is 143 Å². The van der Waals surface area contributed by atoms with Crippen LogP contribution in [-0.4, -0.2) is 12.5 Å². The zero-order valence-electron chi connectivity index (χ0n) is 14.0. The van der Waals surface area contributed by atoms with Crippen LogP contribution in [0.3, 0.4) is 0 Å². The van der Waals surface area contributed by atoms with Gasteiger partial charge < -0.3 is 10.1 Å². The largest absolute Gasteiger partial charge is 0.494 e. The smallest absolute Gasteiger partial charge is 0.256 e. The third kappa shape index (κ3) is 3.85. The predicted molar refractivity (Wildman–Crippen MR) is 99.0 cm³/mol. The van der Waals surface area contributed by atoms with Crippen molar-refractivity contribution in [2.75, 3.05) is 11.9 Å². The highest BCUT2D eigenvalue weighted by atomic mass is 16.5. The molecule has 2 aromatic rings. The van der Waals surface area contributed by atoms with Gasteiger partial charge in [0.25, 0.3) is 5.91 Å². The van der Waals surface area contributed by atoms with Crippen LogP contribution in [0.25, 0.3) is 11.6 Å². The molecule has 0 unspecified atom stereocenters. The molecule has 0 radical (unpaired) electrons. The van der Waals surface area contributed by atoms with E-state index in [2.05, 4.69) is 12.2 Å². The second-order valence-electron chi connectivity index (χ2n) is 6.04. The maximum atomic E-state index is 12.1. The van der Waals surface area contributed by atoms with Crippen molar-refractivity contribution in [2.24, 2.45) is 0 Å². The number of carbonyl (C=O) groups is 1. The monoisotopic (exact) mass is 321 g/mol. The summed E-state index contributed by atoms with van der Waals surface area (Å²) in [5, 5.41) is 2.89. The Kier molecular flexibility index (Phi) is 5.32. The lowest BCUT2D eigenvalue weighted by atomic mass is 10.0. The van der Waals surface area contributed by atoms with Crippen molar-refractivity contribution in [3.63, 3.8) is 0 Å². The van der Waals surface area contributed by atoms with E-state index in [-0.39, 0.29) is 5.91 Å². The number of hydrogen-bond donors (Lipinski definition) is 1. The number of anilines is 1. The van der Waals surface area contributed by atoms with Crippen LogP contribution in [0.1, 0.15) is 43.7 Å². The van der Waals surface area contributed by atoms with Gasteiger partial charge in [0.05, 0.1) is 6.61 Å². The number of rotatable bonds is 7. The first kappa shape index (κ1) is 16.3. The minimum atomic E-state index is -0.0487. The summed E-state index contributed by atoms with van der Waals surface area (Å²) in [7, 11) is 0. The summed E-state index contributed by atoms with van der Waals surface area (Å²) in [4.78, 5) is 12.1. The van der Waals surface area contributed by atoms with Gasteiger partial charge in [0.1, 0.15) is 5.75 Å². The highest BCUT2D eigenvalue weighted by Crippen LogP contribution is 2.32. The van der Waals surface area contributed by atoms with Crippen molar-refractivity contribution in [1.29, 1.82) is 0 Å². The van der Waals surface area contributed by atoms with E-state index in [9.17, 15) is 4.79 Å². The van der Waals surface area contributed by atoms with E-state index in [4.69, 9.17) is 4.74 Å². The number of hydrogen-bond acceptors (Lipinski definition) is 2. The molecule has 1 heterocycles. The van der Waals surface area contributed by atoms with Crippen LogP contribution in [0.2, 0.25) is 0 Å². The van der Waals surface area contributed by atoms with Gasteiger partial charge in [-0.05, 0) is 36.3 Å². The standard InChI is InChI=1S/C21H23NO2/c1-2-3-4-7-14-24-17-12-10-16(11-13-17)15-19-18-8-5-6-9-20(18)22-21(19)23/h5-6,8-13,15H,2-4,7,14H2,1H3,(H,22,23)/b19-15+. The molecular weight excluding hydrogens is 298 g/mol. The van der Waals surface area contributed by atoms with Crippen LogP contribution in [0.15, 0.2) is 48.5 Å². The fourth-order valence-corrected chi connectivity index (χ4v) is 2.83. The highest BCUT2D eigenvalue weighted by molar-refractivity contribution is 6.34. The molecule has 0 saturated carbocycles. The number of fused-ring (bicyclic) bond motifs is 1. The Morgan fingerprint density at radius 1 is 1.00 bits per heavy atom. The molecule has 1 amide bonds. The molecule has 0 aliphatic carbocycles. The number of amides is 1. The minimum absolute atomic E-state index is 0.0487. The van der Waals surface area contributed by atoms with E-state index in [1.165, 1.54) is 19.3 Å². The third-order valence-electron chi connectivity index (χ3n) is 4.17. The van der Waals surface area contributed by atoms with Gasteiger partial charge in [0, 0.05) is 16.8 Å². The maximum Gasteiger partial charge on any atom is 0.256 e. The summed E-state index contributed by atoms with van der Waals surface area (Å²) < 4.78 is 5.75. The molecule has 1 N–H and O–H groups in total. The van der Waals surface area contributed by atoms with E-state index < -0.39 is 0 Å². The molecule has 124 valence electrons. The van der Waals surface area contributed by atoms with Crippen LogP contribution in [0.4, 0.5) is 5.69 Å². The molecule has 0 bridgehead atoms. The Morgan fingerprint density at radius 3 is 2.58 bits per heavy atom. The molecule has 2 aromatic carbocycles. The first-order chi connectivity index (χ1) is 11.8. The number of unbranched alkanes of at least 4 members (excludes halogenated alkanes) is 3. The van der Waals surface area contributed by atoms with Crippen LogP contribution >= 0.6 is 0 Å². The SMILES string of the molecule is CCCCCCOc1ccc(/C=C2/C(=O)Nc3ccccc32)cc1. The van der Waals surface area contributed by atoms with Gasteiger partial charge in [0.2, 0.25) is 0 Å². The second-order valence-corrected chi connectivity index (χ2v) is 6.04. The highest BCUT2D eigenvalue weighted by Gasteiger charge is 2.23. The third-order valence-corrected chi connectivity index (χ3v) is 4.17. The summed E-state index contributed by atoms with van der Waals surface area (Å²) in [5.74, 6) is 0.831. The molecule has 1 aliphatic heterocycles. The van der Waals surface area contributed by atoms with Gasteiger partial charge in [-0.3, -0.25) is 4.79 Å². The van der Waals surface area contributed by atoms with Crippen molar-refractivity contribution >= 4 is 23.2 Å². The maximum absolute atomic E-state index is 12.1. The molecule has 0 atom stereocenters. The van der Waals surface area contributed by atoms with Gasteiger partial charge in [0.15, 0.2) is 0 Å².